The summed E-state index contributed by atoms with van der Waals surface area (Å²) < 4.78 is 63.1. The van der Waals surface area contributed by atoms with E-state index in [9.17, 15) is 26.4 Å². The molecule has 1 fully saturated rings. The van der Waals surface area contributed by atoms with E-state index in [4.69, 9.17) is 0 Å². The van der Waals surface area contributed by atoms with Crippen LogP contribution in [0.1, 0.15) is 25.8 Å². The van der Waals surface area contributed by atoms with Crippen LogP contribution in [-0.2, 0) is 20.8 Å². The number of benzene rings is 1. The zero-order valence-electron chi connectivity index (χ0n) is 12.1. The summed E-state index contributed by atoms with van der Waals surface area (Å²) in [6, 6.07) is 3.37. The van der Waals surface area contributed by atoms with Gasteiger partial charge in [-0.15, -0.1) is 0 Å². The molecular formula is C14H16F3NO3S. The highest BCUT2D eigenvalue weighted by Gasteiger charge is 2.43. The van der Waals surface area contributed by atoms with Crippen molar-refractivity contribution in [3.05, 3.63) is 29.8 Å². The van der Waals surface area contributed by atoms with E-state index in [1.54, 1.807) is 13.8 Å². The van der Waals surface area contributed by atoms with E-state index in [1.807, 2.05) is 0 Å². The first kappa shape index (κ1) is 16.8. The van der Waals surface area contributed by atoms with Gasteiger partial charge < -0.3 is 4.90 Å². The highest BCUT2D eigenvalue weighted by Crippen LogP contribution is 2.32. The molecule has 2 rings (SSSR count). The lowest BCUT2D eigenvalue weighted by Crippen LogP contribution is -2.37. The Kier molecular flexibility index (Phi) is 4.25. The normalized spacial score (nSPS) is 20.0. The lowest BCUT2D eigenvalue weighted by Gasteiger charge is -2.21. The highest BCUT2D eigenvalue weighted by molar-refractivity contribution is 7.92. The fourth-order valence-corrected chi connectivity index (χ4v) is 4.19. The Balaban J connectivity index is 2.38. The third-order valence-electron chi connectivity index (χ3n) is 3.68. The van der Waals surface area contributed by atoms with Crippen LogP contribution in [0.25, 0.3) is 0 Å². The summed E-state index contributed by atoms with van der Waals surface area (Å²) in [5, 5.41) is -1.31. The van der Waals surface area contributed by atoms with Crippen molar-refractivity contribution in [3.63, 3.8) is 0 Å². The van der Waals surface area contributed by atoms with E-state index >= 15 is 0 Å². The summed E-state index contributed by atoms with van der Waals surface area (Å²) in [4.78, 5) is 13.1. The molecule has 1 saturated heterocycles. The second kappa shape index (κ2) is 5.57. The van der Waals surface area contributed by atoms with Gasteiger partial charge in [0.25, 0.3) is 0 Å². The lowest BCUT2D eigenvalue weighted by atomic mass is 10.2. The first-order valence-electron chi connectivity index (χ1n) is 6.77. The molecule has 0 saturated carbocycles. The van der Waals surface area contributed by atoms with Crippen LogP contribution in [0.4, 0.5) is 13.2 Å². The number of nitrogens with zero attached hydrogens (tertiary/aromatic N) is 1. The van der Waals surface area contributed by atoms with Crippen LogP contribution in [0.3, 0.4) is 0 Å². The Bertz CT molecular complexity index is 683. The Labute approximate surface area is 126 Å². The minimum Gasteiger partial charge on any atom is -0.339 e. The molecule has 1 amide bonds. The molecule has 0 spiro atoms. The van der Waals surface area contributed by atoms with Gasteiger partial charge in [0.15, 0.2) is 9.84 Å². The lowest BCUT2D eigenvalue weighted by molar-refractivity contribution is -0.137. The molecule has 1 aliphatic rings. The second-order valence-corrected chi connectivity index (χ2v) is 7.60. The number of halogens is 3. The number of carbonyl (C=O) groups is 1. The number of hydrogen-bond donors (Lipinski definition) is 0. The number of amides is 1. The quantitative estimate of drug-likeness (QED) is 0.853. The van der Waals surface area contributed by atoms with Crippen molar-refractivity contribution < 1.29 is 26.4 Å². The number of likely N-dealkylation sites (tertiary alicyclic amines) is 1. The van der Waals surface area contributed by atoms with Crippen molar-refractivity contribution in [2.45, 2.75) is 42.6 Å². The maximum absolute atomic E-state index is 12.7. The minimum absolute atomic E-state index is 0.0928. The van der Waals surface area contributed by atoms with Crippen LogP contribution < -0.4 is 0 Å². The van der Waals surface area contributed by atoms with Crippen LogP contribution >= 0.6 is 0 Å². The van der Waals surface area contributed by atoms with E-state index in [0.717, 1.165) is 18.2 Å². The molecule has 0 aliphatic carbocycles. The molecule has 8 heteroatoms. The monoisotopic (exact) mass is 335 g/mol. The molecule has 0 aromatic heterocycles. The van der Waals surface area contributed by atoms with Gasteiger partial charge >= 0.3 is 6.18 Å². The van der Waals surface area contributed by atoms with E-state index in [-0.39, 0.29) is 12.5 Å². The average Bonchev–Trinajstić information content (AvgIpc) is 2.80. The third-order valence-corrected chi connectivity index (χ3v) is 5.78. The number of carbonyl (C=O) groups excluding carboxylic acids is 1. The van der Waals surface area contributed by atoms with Gasteiger partial charge in [-0.1, -0.05) is 6.07 Å². The fraction of sp³-hybridized carbons (Fsp3) is 0.500. The van der Waals surface area contributed by atoms with Crippen LogP contribution in [0.2, 0.25) is 0 Å². The first-order chi connectivity index (χ1) is 10.0. The van der Waals surface area contributed by atoms with Crippen molar-refractivity contribution in [1.82, 2.24) is 4.90 Å². The SMILES string of the molecule is CC(C)N1CC[C@H](S(=O)(=O)c2cccc(C(F)(F)F)c2)C1=O. The van der Waals surface area contributed by atoms with Gasteiger partial charge in [0.2, 0.25) is 5.91 Å². The molecule has 0 unspecified atom stereocenters. The number of alkyl halides is 3. The van der Waals surface area contributed by atoms with E-state index < -0.39 is 37.6 Å². The average molecular weight is 335 g/mol. The third kappa shape index (κ3) is 2.97. The molecular weight excluding hydrogens is 319 g/mol. The van der Waals surface area contributed by atoms with Crippen molar-refractivity contribution in [2.24, 2.45) is 0 Å². The number of sulfone groups is 1. The van der Waals surface area contributed by atoms with Crippen molar-refractivity contribution >= 4 is 15.7 Å². The number of hydrogen-bond acceptors (Lipinski definition) is 3. The Morgan fingerprint density at radius 1 is 1.27 bits per heavy atom. The molecule has 1 aliphatic heterocycles. The van der Waals surface area contributed by atoms with Gasteiger partial charge in [-0.05, 0) is 38.5 Å². The maximum Gasteiger partial charge on any atom is 0.416 e. The predicted octanol–water partition coefficient (Wildman–Crippen LogP) is 2.49. The molecule has 0 radical (unpaired) electrons. The topological polar surface area (TPSA) is 54.5 Å². The van der Waals surface area contributed by atoms with Crippen LogP contribution in [0.5, 0.6) is 0 Å². The van der Waals surface area contributed by atoms with Gasteiger partial charge in [0, 0.05) is 12.6 Å². The van der Waals surface area contributed by atoms with Gasteiger partial charge in [-0.2, -0.15) is 13.2 Å². The van der Waals surface area contributed by atoms with Gasteiger partial charge in [0.1, 0.15) is 5.25 Å². The molecule has 1 atom stereocenters. The molecule has 1 aromatic rings. The molecule has 0 bridgehead atoms. The van der Waals surface area contributed by atoms with Gasteiger partial charge in [-0.3, -0.25) is 4.79 Å². The maximum atomic E-state index is 12.7. The Morgan fingerprint density at radius 2 is 1.91 bits per heavy atom. The molecule has 4 nitrogen and oxygen atoms in total. The summed E-state index contributed by atoms with van der Waals surface area (Å²) in [5.74, 6) is -0.549. The standard InChI is InChI=1S/C14H16F3NO3S/c1-9(2)18-7-6-12(13(18)19)22(20,21)11-5-3-4-10(8-11)14(15,16)17/h3-5,8-9,12H,6-7H2,1-2H3/t12-/m0/s1. The fourth-order valence-electron chi connectivity index (χ4n) is 2.49. The van der Waals surface area contributed by atoms with Crippen molar-refractivity contribution in [1.29, 1.82) is 0 Å². The smallest absolute Gasteiger partial charge is 0.339 e. The zero-order valence-corrected chi connectivity index (χ0v) is 12.9. The van der Waals surface area contributed by atoms with Crippen LogP contribution in [0, 0.1) is 0 Å². The van der Waals surface area contributed by atoms with Crippen LogP contribution in [-0.4, -0.2) is 37.1 Å². The summed E-state index contributed by atoms with van der Waals surface area (Å²) in [6.07, 6.45) is -4.54. The minimum atomic E-state index is -4.63. The summed E-state index contributed by atoms with van der Waals surface area (Å²) in [6.45, 7) is 3.81. The highest BCUT2D eigenvalue weighted by atomic mass is 32.2. The molecule has 22 heavy (non-hydrogen) atoms. The van der Waals surface area contributed by atoms with Crippen molar-refractivity contribution in [2.75, 3.05) is 6.54 Å². The summed E-state index contributed by atoms with van der Waals surface area (Å²) in [5.41, 5.74) is -1.04. The number of rotatable bonds is 3. The summed E-state index contributed by atoms with van der Waals surface area (Å²) >= 11 is 0. The van der Waals surface area contributed by atoms with E-state index in [1.165, 1.54) is 4.90 Å². The molecule has 122 valence electrons. The van der Waals surface area contributed by atoms with Crippen LogP contribution in [0.15, 0.2) is 29.2 Å². The molecule has 0 N–H and O–H groups in total. The largest absolute Gasteiger partial charge is 0.416 e. The van der Waals surface area contributed by atoms with Crippen molar-refractivity contribution in [3.8, 4) is 0 Å². The van der Waals surface area contributed by atoms with E-state index in [0.29, 0.717) is 12.6 Å². The molecule has 1 heterocycles. The Morgan fingerprint density at radius 3 is 2.41 bits per heavy atom. The summed E-state index contributed by atoms with van der Waals surface area (Å²) in [7, 11) is -4.13. The van der Waals surface area contributed by atoms with Gasteiger partial charge in [0.05, 0.1) is 10.5 Å². The van der Waals surface area contributed by atoms with Gasteiger partial charge in [-0.25, -0.2) is 8.42 Å². The molecule has 1 aromatic carbocycles. The predicted molar refractivity (Wildman–Crippen MR) is 73.9 cm³/mol. The second-order valence-electron chi connectivity index (χ2n) is 5.47. The zero-order chi connectivity index (χ0) is 16.7. The first-order valence-corrected chi connectivity index (χ1v) is 8.31. The Hall–Kier alpha value is -1.57. The van der Waals surface area contributed by atoms with E-state index in [2.05, 4.69) is 0 Å².